The molecule has 528 valence electrons. The Kier molecular flexibility index (Phi) is 18.4. The van der Waals surface area contributed by atoms with Gasteiger partial charge in [0, 0.05) is 89.7 Å². The van der Waals surface area contributed by atoms with Gasteiger partial charge in [0.2, 0.25) is 35.4 Å². The molecule has 102 heavy (non-hydrogen) atoms. The van der Waals surface area contributed by atoms with E-state index in [9.17, 15) is 43.2 Å². The van der Waals surface area contributed by atoms with Crippen LogP contribution >= 0.6 is 0 Å². The van der Waals surface area contributed by atoms with Crippen LogP contribution in [0.15, 0.2) is 164 Å². The Balaban J connectivity index is 0.000000145. The SMILES string of the molecule is [2H]C([2H])(c1ccc(COc2cccc3c2CN(C2CCC(=C)NC2=O)C3=O)cc1)N1CCOCC1=O.[2H]c1cc(C([2H])([2H])Oc2cccc3c2CN(C2CCC(=C)NC2=O)C3=O)ccc1CN1CCOCC1=O.[2H]c1cc(CN2CCOCC2=O)ccc1C([2H])([2H])Oc1cccc2c1CN(C1CCC(=C)NC1=O)C2=O. The molecule has 6 saturated heterocycles. The van der Waals surface area contributed by atoms with Gasteiger partial charge in [-0.1, -0.05) is 111 Å². The predicted octanol–water partition coefficient (Wildman–Crippen LogP) is 7.12. The molecule has 0 radical (unpaired) electrons. The second-order valence-electron chi connectivity index (χ2n) is 25.6. The molecular formula is C78H81N9O15. The lowest BCUT2D eigenvalue weighted by atomic mass is 10.0. The Morgan fingerprint density at radius 2 is 0.784 bits per heavy atom. The van der Waals surface area contributed by atoms with E-state index in [1.165, 1.54) is 39.0 Å². The maximum absolute atomic E-state index is 13.1. The van der Waals surface area contributed by atoms with Crippen molar-refractivity contribution in [2.75, 3.05) is 59.3 Å². The number of nitrogens with one attached hydrogen (secondary N) is 3. The number of benzene rings is 6. The van der Waals surface area contributed by atoms with Gasteiger partial charge in [0.1, 0.15) is 74.9 Å². The van der Waals surface area contributed by atoms with E-state index >= 15 is 0 Å². The summed E-state index contributed by atoms with van der Waals surface area (Å²) >= 11 is 0. The Morgan fingerprint density at radius 1 is 0.422 bits per heavy atom. The van der Waals surface area contributed by atoms with Crippen LogP contribution in [0.25, 0.3) is 0 Å². The topological polar surface area (TPSA) is 265 Å². The van der Waals surface area contributed by atoms with Gasteiger partial charge >= 0.3 is 0 Å². The Hall–Kier alpha value is -11.0. The number of piperidine rings is 3. The second-order valence-corrected chi connectivity index (χ2v) is 25.6. The summed E-state index contributed by atoms with van der Waals surface area (Å²) in [6, 6.07) is 29.3. The van der Waals surface area contributed by atoms with Crippen LogP contribution in [0.5, 0.6) is 17.2 Å². The molecule has 0 aliphatic carbocycles. The number of nitrogens with zero attached hydrogens (tertiary/aromatic N) is 6. The van der Waals surface area contributed by atoms with Crippen molar-refractivity contribution in [3.63, 3.8) is 0 Å². The van der Waals surface area contributed by atoms with E-state index in [1.54, 1.807) is 106 Å². The lowest BCUT2D eigenvalue weighted by molar-refractivity contribution is -0.144. The summed E-state index contributed by atoms with van der Waals surface area (Å²) in [5.41, 5.74) is 7.58. The monoisotopic (exact) mass is 1390 g/mol. The van der Waals surface area contributed by atoms with E-state index in [0.717, 1.165) is 11.1 Å². The molecule has 6 aromatic carbocycles. The summed E-state index contributed by atoms with van der Waals surface area (Å²) in [4.78, 5) is 122. The first kappa shape index (κ1) is 59.9. The lowest BCUT2D eigenvalue weighted by Gasteiger charge is -2.31. The summed E-state index contributed by atoms with van der Waals surface area (Å²) in [5, 5.41) is 8.14. The summed E-state index contributed by atoms with van der Waals surface area (Å²) in [6.45, 7) is 8.29. The molecule has 15 rings (SSSR count). The number of amides is 9. The average Bonchev–Trinajstić information content (AvgIpc) is 1.63. The summed E-state index contributed by atoms with van der Waals surface area (Å²) in [7, 11) is 0. The van der Waals surface area contributed by atoms with Crippen molar-refractivity contribution < 1.29 is 82.5 Å². The number of hydrogen-bond acceptors (Lipinski definition) is 15. The molecular weight excluding hydrogens is 1300 g/mol. The van der Waals surface area contributed by atoms with Gasteiger partial charge in [0.05, 0.1) is 50.4 Å². The third-order valence-electron chi connectivity index (χ3n) is 18.8. The van der Waals surface area contributed by atoms with E-state index < -0.39 is 37.7 Å². The van der Waals surface area contributed by atoms with Crippen LogP contribution in [0.2, 0.25) is 0 Å². The van der Waals surface area contributed by atoms with E-state index in [-0.39, 0.29) is 140 Å². The minimum absolute atomic E-state index is 0.0177. The molecule has 9 aliphatic heterocycles. The first-order valence-electron chi connectivity index (χ1n) is 37.7. The number of hydrogen-bond donors (Lipinski definition) is 3. The molecule has 6 aromatic rings. The van der Waals surface area contributed by atoms with E-state index in [1.807, 2.05) is 0 Å². The van der Waals surface area contributed by atoms with Crippen LogP contribution in [0, 0.1) is 0 Å². The summed E-state index contributed by atoms with van der Waals surface area (Å²) in [6.07, 6.45) is 3.25. The molecule has 0 spiro atoms. The highest BCUT2D eigenvalue weighted by Crippen LogP contribution is 2.38. The molecule has 3 unspecified atom stereocenters. The maximum atomic E-state index is 13.1. The van der Waals surface area contributed by atoms with Gasteiger partial charge in [-0.2, -0.15) is 0 Å². The van der Waals surface area contributed by atoms with Gasteiger partial charge in [0.15, 0.2) is 0 Å². The Labute approximate surface area is 602 Å². The van der Waals surface area contributed by atoms with Crippen LogP contribution in [0.4, 0.5) is 0 Å². The molecule has 9 aliphatic rings. The van der Waals surface area contributed by atoms with Gasteiger partial charge in [-0.05, 0) is 108 Å². The van der Waals surface area contributed by atoms with Gasteiger partial charge < -0.3 is 73.8 Å². The highest BCUT2D eigenvalue weighted by atomic mass is 16.5. The first-order valence-corrected chi connectivity index (χ1v) is 33.7. The summed E-state index contributed by atoms with van der Waals surface area (Å²) in [5.74, 6) is -1.27. The minimum atomic E-state index is -2.37. The number of fused-ring (bicyclic) bond motifs is 3. The first-order chi connectivity index (χ1) is 52.5. The lowest BCUT2D eigenvalue weighted by Crippen LogP contribution is -2.49. The fraction of sp³-hybridized carbons (Fsp3) is 0.346. The van der Waals surface area contributed by atoms with Crippen LogP contribution in [-0.2, 0) is 102 Å². The average molecular weight is 1390 g/mol. The maximum Gasteiger partial charge on any atom is 0.255 e. The summed E-state index contributed by atoms with van der Waals surface area (Å²) < 4.78 is 101. The van der Waals surface area contributed by atoms with Crippen molar-refractivity contribution in [3.8, 4) is 17.2 Å². The number of carbonyl (C=O) groups excluding carboxylic acids is 9. The van der Waals surface area contributed by atoms with Crippen molar-refractivity contribution in [2.45, 2.75) is 116 Å². The molecule has 3 atom stereocenters. The quantitative estimate of drug-likeness (QED) is 0.0774. The van der Waals surface area contributed by atoms with Gasteiger partial charge in [-0.25, -0.2) is 0 Å². The van der Waals surface area contributed by atoms with Crippen LogP contribution < -0.4 is 30.2 Å². The highest BCUT2D eigenvalue weighted by molar-refractivity contribution is 6.04. The standard InChI is InChI=1S/3C26H27N3O5/c3*1-17-5-10-22(25(31)27-17)29-14-21-20(26(29)32)3-2-4-23(21)34-15-19-8-6-18(7-9-19)13-28-11-12-33-16-24(28)30/h3*2-4,6-9,22H,1,5,10-16H2,(H,27,31)/i8D,15D2;6D,15D2;13D2. The molecule has 9 heterocycles. The van der Waals surface area contributed by atoms with Crippen LogP contribution in [-0.4, -0.2) is 160 Å². The van der Waals surface area contributed by atoms with Crippen molar-refractivity contribution in [2.24, 2.45) is 0 Å². The second kappa shape index (κ2) is 31.3. The van der Waals surface area contributed by atoms with Crippen LogP contribution in [0.1, 0.15) is 131 Å². The number of morpholine rings is 3. The smallest absolute Gasteiger partial charge is 0.255 e. The molecule has 6 fully saturated rings. The molecule has 3 N–H and O–H groups in total. The minimum Gasteiger partial charge on any atom is -0.489 e. The molecule has 0 bridgehead atoms. The number of carbonyl (C=O) groups is 9. The fourth-order valence-corrected chi connectivity index (χ4v) is 13.2. The van der Waals surface area contributed by atoms with E-state index in [2.05, 4.69) is 35.7 Å². The van der Waals surface area contributed by atoms with Gasteiger partial charge in [-0.15, -0.1) is 0 Å². The zero-order valence-corrected chi connectivity index (χ0v) is 56.0. The molecule has 0 saturated carbocycles. The van der Waals surface area contributed by atoms with Gasteiger partial charge in [0.25, 0.3) is 17.7 Å². The predicted molar refractivity (Wildman–Crippen MR) is 371 cm³/mol. The normalized spacial score (nSPS) is 22.0. The molecule has 24 heteroatoms. The molecule has 0 aromatic heterocycles. The Bertz CT molecular complexity index is 4750. The van der Waals surface area contributed by atoms with E-state index in [0.29, 0.717) is 152 Å². The Morgan fingerprint density at radius 3 is 1.22 bits per heavy atom. The van der Waals surface area contributed by atoms with Crippen molar-refractivity contribution in [3.05, 3.63) is 231 Å². The van der Waals surface area contributed by atoms with Gasteiger partial charge in [-0.3, -0.25) is 43.2 Å². The zero-order valence-electron chi connectivity index (χ0n) is 64.0. The number of allylic oxidation sites excluding steroid dienone is 3. The third kappa shape index (κ3) is 15.9. The van der Waals surface area contributed by atoms with E-state index in [4.69, 9.17) is 39.4 Å². The van der Waals surface area contributed by atoms with Crippen molar-refractivity contribution in [1.82, 2.24) is 45.3 Å². The molecule has 9 amide bonds. The molecule has 24 nitrogen and oxygen atoms in total. The van der Waals surface area contributed by atoms with Crippen molar-refractivity contribution >= 4 is 53.2 Å². The number of ether oxygens (including phenoxy) is 6. The van der Waals surface area contributed by atoms with Crippen molar-refractivity contribution in [1.29, 1.82) is 0 Å². The van der Waals surface area contributed by atoms with Crippen LogP contribution in [0.3, 0.4) is 0 Å². The fourth-order valence-electron chi connectivity index (χ4n) is 13.2. The zero-order chi connectivity index (χ0) is 78.1. The largest absolute Gasteiger partial charge is 0.489 e. The highest BCUT2D eigenvalue weighted by Gasteiger charge is 2.43. The third-order valence-corrected chi connectivity index (χ3v) is 18.8. The number of rotatable bonds is 18.